The molecular formula is C17H11ClF5N3O2S2. The molecule has 5 nitrogen and oxygen atoms in total. The Kier molecular flexibility index (Phi) is 6.48. The quantitative estimate of drug-likeness (QED) is 0.439. The normalized spacial score (nSPS) is 12.8. The van der Waals surface area contributed by atoms with Gasteiger partial charge in [0.2, 0.25) is 0 Å². The summed E-state index contributed by atoms with van der Waals surface area (Å²) < 4.78 is 95.5. The Hall–Kier alpha value is -2.44. The second-order valence-corrected chi connectivity index (χ2v) is 8.64. The fraction of sp³-hybridized carbons (Fsp3) is 0.118. The van der Waals surface area contributed by atoms with Crippen molar-refractivity contribution >= 4 is 44.5 Å². The molecule has 0 unspecified atom stereocenters. The minimum absolute atomic E-state index is 0.0444. The van der Waals surface area contributed by atoms with Crippen LogP contribution in [0.2, 0.25) is 5.02 Å². The molecule has 0 aliphatic carbocycles. The van der Waals surface area contributed by atoms with E-state index in [-0.39, 0.29) is 5.82 Å². The van der Waals surface area contributed by atoms with Gasteiger partial charge in [-0.1, -0.05) is 11.6 Å². The van der Waals surface area contributed by atoms with Gasteiger partial charge in [0.05, 0.1) is 16.2 Å². The molecule has 0 spiro atoms. The zero-order valence-electron chi connectivity index (χ0n) is 14.5. The van der Waals surface area contributed by atoms with E-state index in [0.717, 1.165) is 17.4 Å². The number of hydrogen-bond donors (Lipinski definition) is 2. The summed E-state index contributed by atoms with van der Waals surface area (Å²) in [7, 11) is -4.41. The van der Waals surface area contributed by atoms with E-state index in [1.807, 2.05) is 4.72 Å². The number of nitrogens with zero attached hydrogens (tertiary/aromatic N) is 1. The van der Waals surface area contributed by atoms with Crippen LogP contribution in [0.3, 0.4) is 0 Å². The molecule has 0 aliphatic heterocycles. The van der Waals surface area contributed by atoms with Gasteiger partial charge in [-0.05, 0) is 30.3 Å². The molecule has 0 bridgehead atoms. The maximum atomic E-state index is 14.5. The number of aromatic nitrogens is 1. The first-order valence-corrected chi connectivity index (χ1v) is 10.8. The van der Waals surface area contributed by atoms with Crippen LogP contribution in [-0.4, -0.2) is 19.8 Å². The molecule has 0 saturated heterocycles. The number of sulfonamides is 1. The monoisotopic (exact) mass is 483 g/mol. The predicted octanol–water partition coefficient (Wildman–Crippen LogP) is 5.43. The van der Waals surface area contributed by atoms with E-state index in [1.165, 1.54) is 10.9 Å². The number of benzene rings is 2. The van der Waals surface area contributed by atoms with Gasteiger partial charge in [-0.25, -0.2) is 35.4 Å². The number of alkyl halides is 2. The Morgan fingerprint density at radius 1 is 1.07 bits per heavy atom. The number of hydrogen-bond acceptors (Lipinski definition) is 5. The smallest absolute Gasteiger partial charge is 0.266 e. The van der Waals surface area contributed by atoms with Crippen molar-refractivity contribution < 1.29 is 30.4 Å². The first-order chi connectivity index (χ1) is 14.1. The van der Waals surface area contributed by atoms with Crippen molar-refractivity contribution in [3.63, 3.8) is 0 Å². The van der Waals surface area contributed by atoms with Crippen LogP contribution in [0.1, 0.15) is 11.6 Å². The lowest BCUT2D eigenvalue weighted by molar-refractivity contribution is 0.123. The van der Waals surface area contributed by atoms with E-state index >= 15 is 0 Å². The van der Waals surface area contributed by atoms with Gasteiger partial charge in [-0.15, -0.1) is 11.3 Å². The first-order valence-electron chi connectivity index (χ1n) is 7.98. The average molecular weight is 484 g/mol. The number of rotatable bonds is 7. The summed E-state index contributed by atoms with van der Waals surface area (Å²) >= 11 is 7.05. The van der Waals surface area contributed by atoms with Gasteiger partial charge < -0.3 is 5.32 Å². The maximum Gasteiger partial charge on any atom is 0.266 e. The van der Waals surface area contributed by atoms with Gasteiger partial charge >= 0.3 is 0 Å². The van der Waals surface area contributed by atoms with Crippen LogP contribution < -0.4 is 10.0 Å². The standard InChI is InChI=1S/C17H11ClF5N3O2S2/c18-10-4-14(30(27,28)26-15-6-29-7-24-15)12(21)5-13(10)25-16(17(22)23)9-3-8(19)1-2-11(9)20/h1-7,16-17,25-26H/t16-/m1/s1. The summed E-state index contributed by atoms with van der Waals surface area (Å²) in [5.41, 5.74) is 0.212. The number of thiazole rings is 1. The highest BCUT2D eigenvalue weighted by atomic mass is 35.5. The van der Waals surface area contributed by atoms with Crippen molar-refractivity contribution in [2.24, 2.45) is 0 Å². The van der Waals surface area contributed by atoms with Gasteiger partial charge in [0.15, 0.2) is 5.82 Å². The first kappa shape index (κ1) is 22.2. The number of anilines is 2. The van der Waals surface area contributed by atoms with E-state index in [4.69, 9.17) is 11.6 Å². The fourth-order valence-electron chi connectivity index (χ4n) is 2.50. The van der Waals surface area contributed by atoms with Crippen molar-refractivity contribution in [2.75, 3.05) is 10.0 Å². The van der Waals surface area contributed by atoms with E-state index in [9.17, 15) is 30.4 Å². The highest BCUT2D eigenvalue weighted by Gasteiger charge is 2.28. The topological polar surface area (TPSA) is 71.1 Å². The molecule has 3 aromatic rings. The fourth-order valence-corrected chi connectivity index (χ4v) is 4.42. The Morgan fingerprint density at radius 2 is 1.80 bits per heavy atom. The van der Waals surface area contributed by atoms with Crippen LogP contribution in [-0.2, 0) is 10.0 Å². The van der Waals surface area contributed by atoms with Crippen LogP contribution in [0.4, 0.5) is 33.5 Å². The molecule has 0 amide bonds. The summed E-state index contributed by atoms with van der Waals surface area (Å²) in [6.07, 6.45) is -3.23. The van der Waals surface area contributed by atoms with Crippen LogP contribution >= 0.6 is 22.9 Å². The van der Waals surface area contributed by atoms with Gasteiger partial charge in [-0.3, -0.25) is 4.72 Å². The molecule has 2 aromatic carbocycles. The van der Waals surface area contributed by atoms with Crippen LogP contribution in [0.25, 0.3) is 0 Å². The average Bonchev–Trinajstić information content (AvgIpc) is 3.16. The van der Waals surface area contributed by atoms with Gasteiger partial charge in [0.25, 0.3) is 16.4 Å². The van der Waals surface area contributed by atoms with E-state index in [1.54, 1.807) is 0 Å². The molecular weight excluding hydrogens is 473 g/mol. The molecule has 0 saturated carbocycles. The lowest BCUT2D eigenvalue weighted by Gasteiger charge is -2.21. The number of halogens is 6. The maximum absolute atomic E-state index is 14.5. The van der Waals surface area contributed by atoms with Crippen molar-refractivity contribution in [3.8, 4) is 0 Å². The molecule has 30 heavy (non-hydrogen) atoms. The molecule has 1 aromatic heterocycles. The van der Waals surface area contributed by atoms with Gasteiger partial charge in [0, 0.05) is 10.9 Å². The van der Waals surface area contributed by atoms with Crippen molar-refractivity contribution in [1.82, 2.24) is 4.98 Å². The predicted molar refractivity (Wildman–Crippen MR) is 103 cm³/mol. The Labute approximate surface area is 176 Å². The lowest BCUT2D eigenvalue weighted by atomic mass is 10.1. The molecule has 0 aliphatic rings. The largest absolute Gasteiger partial charge is 0.372 e. The molecule has 0 radical (unpaired) electrons. The van der Waals surface area contributed by atoms with E-state index in [2.05, 4.69) is 10.3 Å². The summed E-state index contributed by atoms with van der Waals surface area (Å²) in [6, 6.07) is 1.20. The summed E-state index contributed by atoms with van der Waals surface area (Å²) in [5.74, 6) is -3.42. The zero-order chi connectivity index (χ0) is 22.1. The van der Waals surface area contributed by atoms with E-state index in [0.29, 0.717) is 24.3 Å². The SMILES string of the molecule is O=S(=O)(Nc1cscn1)c1cc(Cl)c(N[C@H](c2cc(F)ccc2F)C(F)F)cc1F. The minimum Gasteiger partial charge on any atom is -0.372 e. The van der Waals surface area contributed by atoms with Crippen LogP contribution in [0.5, 0.6) is 0 Å². The summed E-state index contributed by atoms with van der Waals surface area (Å²) in [5, 5.41) is 3.08. The van der Waals surface area contributed by atoms with Crippen molar-refractivity contribution in [3.05, 3.63) is 69.3 Å². The van der Waals surface area contributed by atoms with Crippen molar-refractivity contribution in [2.45, 2.75) is 17.4 Å². The van der Waals surface area contributed by atoms with Gasteiger partial charge in [-0.2, -0.15) is 0 Å². The lowest BCUT2D eigenvalue weighted by Crippen LogP contribution is -2.21. The summed E-state index contributed by atoms with van der Waals surface area (Å²) in [4.78, 5) is 2.86. The van der Waals surface area contributed by atoms with Crippen LogP contribution in [0.15, 0.2) is 46.1 Å². The van der Waals surface area contributed by atoms with Crippen LogP contribution in [0, 0.1) is 17.5 Å². The number of nitrogens with one attached hydrogen (secondary N) is 2. The summed E-state index contributed by atoms with van der Waals surface area (Å²) in [6.45, 7) is 0. The molecule has 0 fully saturated rings. The Balaban J connectivity index is 1.95. The molecule has 3 rings (SSSR count). The third kappa shape index (κ3) is 4.82. The third-order valence-corrected chi connectivity index (χ3v) is 6.11. The Bertz CT molecular complexity index is 1160. The van der Waals surface area contributed by atoms with Crippen molar-refractivity contribution in [1.29, 1.82) is 0 Å². The second kappa shape index (κ2) is 8.74. The zero-order valence-corrected chi connectivity index (χ0v) is 16.9. The molecule has 160 valence electrons. The second-order valence-electron chi connectivity index (χ2n) is 5.86. The highest BCUT2D eigenvalue weighted by molar-refractivity contribution is 7.92. The molecule has 13 heteroatoms. The molecule has 1 heterocycles. The third-order valence-electron chi connectivity index (χ3n) is 3.84. The van der Waals surface area contributed by atoms with E-state index < -0.39 is 61.1 Å². The molecule has 2 N–H and O–H groups in total. The minimum atomic E-state index is -4.41. The highest BCUT2D eigenvalue weighted by Crippen LogP contribution is 2.34. The molecule has 1 atom stereocenters. The Morgan fingerprint density at radius 3 is 2.43 bits per heavy atom. The van der Waals surface area contributed by atoms with Gasteiger partial charge in [0.1, 0.15) is 28.4 Å².